The first-order valence-electron chi connectivity index (χ1n) is 8.69. The van der Waals surface area contributed by atoms with Crippen LogP contribution in [0.3, 0.4) is 0 Å². The van der Waals surface area contributed by atoms with Crippen LogP contribution in [0.4, 0.5) is 16.4 Å². The highest BCUT2D eigenvalue weighted by Gasteiger charge is 2.26. The summed E-state index contributed by atoms with van der Waals surface area (Å²) in [6, 6.07) is 6.91. The number of hydrogen-bond acceptors (Lipinski definition) is 7. The van der Waals surface area contributed by atoms with Crippen molar-refractivity contribution >= 4 is 17.7 Å². The lowest BCUT2D eigenvalue weighted by molar-refractivity contribution is -0.108. The number of hydrogen-bond donors (Lipinski definition) is 1. The Labute approximate surface area is 162 Å². The van der Waals surface area contributed by atoms with Gasteiger partial charge in [0.25, 0.3) is 0 Å². The average molecular weight is 383 g/mol. The number of aryl methyl sites for hydroxylation is 1. The molecule has 146 valence electrons. The molecule has 9 heteroatoms. The van der Waals surface area contributed by atoms with Gasteiger partial charge >= 0.3 is 6.03 Å². The van der Waals surface area contributed by atoms with E-state index >= 15 is 0 Å². The van der Waals surface area contributed by atoms with Gasteiger partial charge in [0, 0.05) is 26.8 Å². The number of ether oxygens (including phenoxy) is 3. The minimum atomic E-state index is -0.610. The van der Waals surface area contributed by atoms with Crippen LogP contribution in [0.1, 0.15) is 29.5 Å². The van der Waals surface area contributed by atoms with Crippen molar-refractivity contribution in [1.29, 1.82) is 5.26 Å². The van der Waals surface area contributed by atoms with Crippen molar-refractivity contribution in [3.8, 4) is 11.8 Å². The molecule has 0 aromatic carbocycles. The second-order valence-electron chi connectivity index (χ2n) is 6.09. The number of pyridine rings is 2. The molecule has 2 aromatic heterocycles. The van der Waals surface area contributed by atoms with Crippen molar-refractivity contribution in [1.82, 2.24) is 9.97 Å². The number of aromatic nitrogens is 2. The third-order valence-electron chi connectivity index (χ3n) is 4.42. The van der Waals surface area contributed by atoms with Gasteiger partial charge in [-0.2, -0.15) is 5.26 Å². The molecule has 2 aromatic rings. The van der Waals surface area contributed by atoms with Crippen molar-refractivity contribution < 1.29 is 19.0 Å². The zero-order valence-corrected chi connectivity index (χ0v) is 15.9. The Bertz CT molecular complexity index is 908. The fourth-order valence-electron chi connectivity index (χ4n) is 3.06. The van der Waals surface area contributed by atoms with Crippen LogP contribution >= 0.6 is 0 Å². The molecule has 2 amide bonds. The maximum absolute atomic E-state index is 12.9. The van der Waals surface area contributed by atoms with Crippen molar-refractivity contribution in [3.05, 3.63) is 41.2 Å². The minimum absolute atomic E-state index is 0.288. The molecular weight excluding hydrogens is 362 g/mol. The average Bonchev–Trinajstić information content (AvgIpc) is 2.73. The normalized spacial score (nSPS) is 13.0. The quantitative estimate of drug-likeness (QED) is 0.790. The molecule has 1 aliphatic heterocycles. The summed E-state index contributed by atoms with van der Waals surface area (Å²) in [6.07, 6.45) is 2.40. The van der Waals surface area contributed by atoms with Crippen LogP contribution < -0.4 is 15.0 Å². The van der Waals surface area contributed by atoms with E-state index in [-0.39, 0.29) is 11.8 Å². The number of carbonyl (C=O) groups is 1. The number of amides is 2. The summed E-state index contributed by atoms with van der Waals surface area (Å²) >= 11 is 0. The van der Waals surface area contributed by atoms with Crippen LogP contribution in [-0.2, 0) is 15.9 Å². The van der Waals surface area contributed by atoms with Crippen LogP contribution in [0.25, 0.3) is 0 Å². The number of anilines is 2. The summed E-state index contributed by atoms with van der Waals surface area (Å²) in [5.41, 5.74) is 1.85. The van der Waals surface area contributed by atoms with Crippen molar-refractivity contribution in [2.45, 2.75) is 19.1 Å². The highest BCUT2D eigenvalue weighted by Crippen LogP contribution is 2.29. The van der Waals surface area contributed by atoms with Gasteiger partial charge in [-0.3, -0.25) is 10.2 Å². The molecule has 0 saturated heterocycles. The Balaban J connectivity index is 1.86. The highest BCUT2D eigenvalue weighted by atomic mass is 16.7. The first-order valence-corrected chi connectivity index (χ1v) is 8.69. The smallest absolute Gasteiger partial charge is 0.328 e. The van der Waals surface area contributed by atoms with E-state index in [4.69, 9.17) is 19.5 Å². The maximum atomic E-state index is 12.9. The number of nitrogens with zero attached hydrogens (tertiary/aromatic N) is 4. The Kier molecular flexibility index (Phi) is 6.03. The van der Waals surface area contributed by atoms with Crippen LogP contribution in [0.2, 0.25) is 0 Å². The van der Waals surface area contributed by atoms with E-state index in [2.05, 4.69) is 15.3 Å². The molecule has 0 bridgehead atoms. The Hall–Kier alpha value is -3.22. The number of urea groups is 1. The van der Waals surface area contributed by atoms with Gasteiger partial charge in [-0.05, 0) is 24.5 Å². The Morgan fingerprint density at radius 3 is 2.79 bits per heavy atom. The molecule has 0 spiro atoms. The number of nitrogens with one attached hydrogen (secondary N) is 1. The lowest BCUT2D eigenvalue weighted by Gasteiger charge is -2.29. The van der Waals surface area contributed by atoms with Crippen molar-refractivity contribution in [2.75, 3.05) is 38.1 Å². The molecule has 0 unspecified atom stereocenters. The largest absolute Gasteiger partial charge is 0.495 e. The van der Waals surface area contributed by atoms with E-state index in [1.807, 2.05) is 18.2 Å². The molecular formula is C19H21N5O4. The van der Waals surface area contributed by atoms with Crippen LogP contribution in [0.15, 0.2) is 24.4 Å². The molecule has 1 N–H and O–H groups in total. The van der Waals surface area contributed by atoms with Gasteiger partial charge in [0.05, 0.1) is 19.0 Å². The second kappa shape index (κ2) is 8.65. The first-order chi connectivity index (χ1) is 13.6. The SMILES string of the molecule is COc1cc(NC(=O)N2CCCc3ccc(C(OC)OC)nc32)ncc1C#N. The molecule has 0 radical (unpaired) electrons. The number of nitriles is 1. The number of fused-ring (bicyclic) bond motifs is 1. The van der Waals surface area contributed by atoms with Gasteiger partial charge < -0.3 is 14.2 Å². The fourth-order valence-corrected chi connectivity index (χ4v) is 3.06. The highest BCUT2D eigenvalue weighted by molar-refractivity contribution is 6.01. The van der Waals surface area contributed by atoms with E-state index < -0.39 is 6.29 Å². The number of methoxy groups -OCH3 is 3. The monoisotopic (exact) mass is 383 g/mol. The second-order valence-corrected chi connectivity index (χ2v) is 6.09. The van der Waals surface area contributed by atoms with E-state index in [1.165, 1.54) is 33.6 Å². The van der Waals surface area contributed by atoms with Gasteiger partial charge in [0.15, 0.2) is 0 Å². The third-order valence-corrected chi connectivity index (χ3v) is 4.42. The molecule has 0 fully saturated rings. The van der Waals surface area contributed by atoms with Crippen LogP contribution in [0, 0.1) is 11.3 Å². The number of carbonyl (C=O) groups excluding carboxylic acids is 1. The summed E-state index contributed by atoms with van der Waals surface area (Å²) in [5, 5.41) is 11.8. The van der Waals surface area contributed by atoms with Crippen molar-refractivity contribution in [3.63, 3.8) is 0 Å². The zero-order valence-electron chi connectivity index (χ0n) is 15.9. The molecule has 28 heavy (non-hydrogen) atoms. The predicted octanol–water partition coefficient (Wildman–Crippen LogP) is 2.63. The first kappa shape index (κ1) is 19.5. The number of rotatable bonds is 5. The van der Waals surface area contributed by atoms with E-state index in [9.17, 15) is 4.79 Å². The molecule has 0 saturated carbocycles. The van der Waals surface area contributed by atoms with Gasteiger partial charge in [0.2, 0.25) is 6.29 Å². The maximum Gasteiger partial charge on any atom is 0.328 e. The zero-order chi connectivity index (χ0) is 20.1. The topological polar surface area (TPSA) is 110 Å². The van der Waals surface area contributed by atoms with Gasteiger partial charge in [-0.15, -0.1) is 0 Å². The summed E-state index contributed by atoms with van der Waals surface area (Å²) in [6.45, 7) is 0.521. The lowest BCUT2D eigenvalue weighted by atomic mass is 10.1. The van der Waals surface area contributed by atoms with E-state index in [0.29, 0.717) is 29.4 Å². The van der Waals surface area contributed by atoms with Gasteiger partial charge in [-0.25, -0.2) is 14.8 Å². The lowest BCUT2D eigenvalue weighted by Crippen LogP contribution is -2.39. The fraction of sp³-hybridized carbons (Fsp3) is 0.368. The standard InChI is InChI=1S/C19H21N5O4/c1-26-15-9-16(21-11-13(15)10-20)23-19(25)24-8-4-5-12-6-7-14(22-17(12)24)18(27-2)28-3/h6-7,9,11,18H,4-5,8H2,1-3H3,(H,21,23,25). The van der Waals surface area contributed by atoms with Crippen LogP contribution in [0.5, 0.6) is 5.75 Å². The molecule has 3 rings (SSSR count). The van der Waals surface area contributed by atoms with E-state index in [1.54, 1.807) is 4.90 Å². The molecule has 9 nitrogen and oxygen atoms in total. The van der Waals surface area contributed by atoms with Crippen LogP contribution in [-0.4, -0.2) is 43.9 Å². The van der Waals surface area contributed by atoms with Gasteiger partial charge in [-0.1, -0.05) is 6.07 Å². The molecule has 1 aliphatic rings. The minimum Gasteiger partial charge on any atom is -0.495 e. The Morgan fingerprint density at radius 2 is 2.11 bits per heavy atom. The molecule has 0 atom stereocenters. The summed E-state index contributed by atoms with van der Waals surface area (Å²) in [4.78, 5) is 23.1. The van der Waals surface area contributed by atoms with Gasteiger partial charge in [0.1, 0.15) is 29.0 Å². The Morgan fingerprint density at radius 1 is 1.32 bits per heavy atom. The molecule has 0 aliphatic carbocycles. The third kappa shape index (κ3) is 3.88. The summed E-state index contributed by atoms with van der Waals surface area (Å²) in [7, 11) is 4.52. The van der Waals surface area contributed by atoms with Crippen molar-refractivity contribution in [2.24, 2.45) is 0 Å². The van der Waals surface area contributed by atoms with E-state index in [0.717, 1.165) is 18.4 Å². The molecule has 3 heterocycles. The summed E-state index contributed by atoms with van der Waals surface area (Å²) in [5.74, 6) is 1.20. The summed E-state index contributed by atoms with van der Waals surface area (Å²) < 4.78 is 15.7. The predicted molar refractivity (Wildman–Crippen MR) is 101 cm³/mol.